The maximum Gasteiger partial charge on any atom is 0.303 e. The van der Waals surface area contributed by atoms with Crippen molar-refractivity contribution in [1.82, 2.24) is 14.7 Å². The molecule has 2 aliphatic rings. The number of rotatable bonds is 4. The lowest BCUT2D eigenvalue weighted by Gasteiger charge is -2.31. The molecule has 0 unspecified atom stereocenters. The molecule has 0 saturated carbocycles. The molecule has 0 bridgehead atoms. The molecule has 1 N–H and O–H groups in total. The number of halogens is 1. The third-order valence-corrected chi connectivity index (χ3v) is 5.83. The largest absolute Gasteiger partial charge is 0.481 e. The summed E-state index contributed by atoms with van der Waals surface area (Å²) in [4.78, 5) is 25.8. The van der Waals surface area contributed by atoms with Crippen LogP contribution in [0.4, 0.5) is 4.39 Å². The number of carboxylic acid groups (broad SMARTS) is 1. The van der Waals surface area contributed by atoms with E-state index in [1.807, 2.05) is 13.0 Å². The Balaban J connectivity index is 1.59. The summed E-state index contributed by atoms with van der Waals surface area (Å²) in [5.41, 5.74) is 3.49. The van der Waals surface area contributed by atoms with Gasteiger partial charge in [0.2, 0.25) is 0 Å². The number of benzene rings is 1. The van der Waals surface area contributed by atoms with Crippen molar-refractivity contribution in [1.29, 1.82) is 0 Å². The van der Waals surface area contributed by atoms with Crippen LogP contribution >= 0.6 is 0 Å². The molecule has 2 heterocycles. The fraction of sp³-hybridized carbons (Fsp3) is 0.476. The van der Waals surface area contributed by atoms with Gasteiger partial charge in [0.25, 0.3) is 5.91 Å². The fourth-order valence-corrected chi connectivity index (χ4v) is 4.33. The summed E-state index contributed by atoms with van der Waals surface area (Å²) >= 11 is 0. The van der Waals surface area contributed by atoms with Crippen molar-refractivity contribution in [2.75, 3.05) is 13.1 Å². The Hall–Kier alpha value is -2.70. The summed E-state index contributed by atoms with van der Waals surface area (Å²) in [7, 11) is 0. The van der Waals surface area contributed by atoms with Crippen LogP contribution in [0.15, 0.2) is 18.2 Å². The molecular weight excluding hydrogens is 361 g/mol. The van der Waals surface area contributed by atoms with Crippen molar-refractivity contribution < 1.29 is 19.1 Å². The number of aliphatic carboxylic acids is 1. The van der Waals surface area contributed by atoms with Crippen LogP contribution in [-0.2, 0) is 17.6 Å². The standard InChI is InChI=1S/C21H24FN3O3/c1-13-5-6-18(16(22)11-13)25-17-4-2-3-15(17)20(23-25)21(28)24-9-7-14(8-10-24)12-19(26)27/h5-6,11,14H,2-4,7-10,12H2,1H3,(H,26,27). The molecule has 1 aromatic heterocycles. The molecule has 4 rings (SSSR count). The maximum absolute atomic E-state index is 14.5. The van der Waals surface area contributed by atoms with Gasteiger partial charge in [-0.15, -0.1) is 0 Å². The van der Waals surface area contributed by atoms with E-state index in [0.29, 0.717) is 37.3 Å². The highest BCUT2D eigenvalue weighted by Crippen LogP contribution is 2.30. The predicted molar refractivity (Wildman–Crippen MR) is 101 cm³/mol. The number of nitrogens with zero attached hydrogens (tertiary/aromatic N) is 3. The Morgan fingerprint density at radius 2 is 2.00 bits per heavy atom. The number of carboxylic acids is 1. The van der Waals surface area contributed by atoms with Crippen LogP contribution in [0.3, 0.4) is 0 Å². The van der Waals surface area contributed by atoms with Crippen LogP contribution in [0.5, 0.6) is 0 Å². The van der Waals surface area contributed by atoms with E-state index in [1.165, 1.54) is 6.07 Å². The number of fused-ring (bicyclic) bond motifs is 1. The Morgan fingerprint density at radius 1 is 1.25 bits per heavy atom. The van der Waals surface area contributed by atoms with Gasteiger partial charge in [-0.2, -0.15) is 5.10 Å². The average Bonchev–Trinajstić information content (AvgIpc) is 3.24. The van der Waals surface area contributed by atoms with Crippen LogP contribution in [0, 0.1) is 18.7 Å². The normalized spacial score (nSPS) is 17.0. The van der Waals surface area contributed by atoms with Gasteiger partial charge < -0.3 is 10.0 Å². The number of aryl methyl sites for hydroxylation is 1. The summed E-state index contributed by atoms with van der Waals surface area (Å²) in [5.74, 6) is -1.14. The van der Waals surface area contributed by atoms with Crippen molar-refractivity contribution in [3.05, 3.63) is 46.5 Å². The number of hydrogen-bond donors (Lipinski definition) is 1. The van der Waals surface area contributed by atoms with Gasteiger partial charge >= 0.3 is 5.97 Å². The van der Waals surface area contributed by atoms with Gasteiger partial charge in [-0.3, -0.25) is 9.59 Å². The number of amides is 1. The van der Waals surface area contributed by atoms with E-state index in [1.54, 1.807) is 15.6 Å². The lowest BCUT2D eigenvalue weighted by atomic mass is 9.93. The summed E-state index contributed by atoms with van der Waals surface area (Å²) in [6, 6.07) is 5.03. The van der Waals surface area contributed by atoms with Crippen LogP contribution in [0.2, 0.25) is 0 Å². The van der Waals surface area contributed by atoms with Gasteiger partial charge in [0.05, 0.1) is 0 Å². The molecule has 1 aliphatic heterocycles. The Bertz CT molecular complexity index is 929. The summed E-state index contributed by atoms with van der Waals surface area (Å²) < 4.78 is 16.1. The van der Waals surface area contributed by atoms with E-state index in [-0.39, 0.29) is 24.1 Å². The van der Waals surface area contributed by atoms with E-state index in [0.717, 1.165) is 36.1 Å². The SMILES string of the molecule is Cc1ccc(-n2nc(C(=O)N3CCC(CC(=O)O)CC3)c3c2CCC3)c(F)c1. The van der Waals surface area contributed by atoms with Gasteiger partial charge in [-0.1, -0.05) is 6.07 Å². The van der Waals surface area contributed by atoms with Crippen molar-refractivity contribution in [3.63, 3.8) is 0 Å². The Kier molecular flexibility index (Phi) is 4.91. The third kappa shape index (κ3) is 3.41. The number of piperidine rings is 1. The second-order valence-electron chi connectivity index (χ2n) is 7.83. The van der Waals surface area contributed by atoms with E-state index in [2.05, 4.69) is 5.10 Å². The van der Waals surface area contributed by atoms with Crippen molar-refractivity contribution >= 4 is 11.9 Å². The molecule has 28 heavy (non-hydrogen) atoms. The van der Waals surface area contributed by atoms with Gasteiger partial charge in [0.15, 0.2) is 5.69 Å². The maximum atomic E-state index is 14.5. The molecule has 6 nitrogen and oxygen atoms in total. The first-order valence-electron chi connectivity index (χ1n) is 9.82. The van der Waals surface area contributed by atoms with Crippen LogP contribution in [0.25, 0.3) is 5.69 Å². The first-order valence-corrected chi connectivity index (χ1v) is 9.82. The zero-order valence-corrected chi connectivity index (χ0v) is 15.9. The molecule has 0 radical (unpaired) electrons. The highest BCUT2D eigenvalue weighted by molar-refractivity contribution is 5.94. The summed E-state index contributed by atoms with van der Waals surface area (Å²) in [6.07, 6.45) is 4.02. The second kappa shape index (κ2) is 7.37. The van der Waals surface area contributed by atoms with Gasteiger partial charge in [0, 0.05) is 30.8 Å². The van der Waals surface area contributed by atoms with E-state index >= 15 is 0 Å². The van der Waals surface area contributed by atoms with Crippen molar-refractivity contribution in [2.45, 2.75) is 45.4 Å². The highest BCUT2D eigenvalue weighted by atomic mass is 19.1. The van der Waals surface area contributed by atoms with Crippen molar-refractivity contribution in [2.24, 2.45) is 5.92 Å². The number of carbonyl (C=O) groups excluding carboxylic acids is 1. The monoisotopic (exact) mass is 385 g/mol. The smallest absolute Gasteiger partial charge is 0.303 e. The summed E-state index contributed by atoms with van der Waals surface area (Å²) in [5, 5.41) is 13.5. The van der Waals surface area contributed by atoms with E-state index in [4.69, 9.17) is 5.11 Å². The minimum atomic E-state index is -0.790. The first kappa shape index (κ1) is 18.7. The topological polar surface area (TPSA) is 75.4 Å². The molecule has 0 atom stereocenters. The minimum Gasteiger partial charge on any atom is -0.481 e. The van der Waals surface area contributed by atoms with Crippen LogP contribution in [0.1, 0.15) is 53.0 Å². The molecule has 148 valence electrons. The van der Waals surface area contributed by atoms with Gasteiger partial charge in [-0.25, -0.2) is 9.07 Å². The molecule has 1 fully saturated rings. The molecular formula is C21H24FN3O3. The summed E-state index contributed by atoms with van der Waals surface area (Å²) in [6.45, 7) is 2.91. The zero-order valence-electron chi connectivity index (χ0n) is 15.9. The predicted octanol–water partition coefficient (Wildman–Crippen LogP) is 3.14. The second-order valence-corrected chi connectivity index (χ2v) is 7.83. The minimum absolute atomic E-state index is 0.117. The fourth-order valence-electron chi connectivity index (χ4n) is 4.33. The lowest BCUT2D eigenvalue weighted by molar-refractivity contribution is -0.138. The zero-order chi connectivity index (χ0) is 19.8. The van der Waals surface area contributed by atoms with Crippen LogP contribution < -0.4 is 0 Å². The molecule has 1 saturated heterocycles. The molecule has 0 spiro atoms. The number of hydrogen-bond acceptors (Lipinski definition) is 3. The molecule has 7 heteroatoms. The molecule has 1 aromatic carbocycles. The number of aromatic nitrogens is 2. The van der Waals surface area contributed by atoms with E-state index in [9.17, 15) is 14.0 Å². The third-order valence-electron chi connectivity index (χ3n) is 5.83. The van der Waals surface area contributed by atoms with Crippen molar-refractivity contribution in [3.8, 4) is 5.69 Å². The Labute approximate surface area is 163 Å². The quantitative estimate of drug-likeness (QED) is 0.877. The lowest BCUT2D eigenvalue weighted by Crippen LogP contribution is -2.39. The first-order chi connectivity index (χ1) is 13.4. The number of carbonyl (C=O) groups is 2. The van der Waals surface area contributed by atoms with Crippen LogP contribution in [-0.4, -0.2) is 44.8 Å². The number of likely N-dealkylation sites (tertiary alicyclic amines) is 1. The average molecular weight is 385 g/mol. The Morgan fingerprint density at radius 3 is 2.68 bits per heavy atom. The van der Waals surface area contributed by atoms with Gasteiger partial charge in [-0.05, 0) is 62.6 Å². The van der Waals surface area contributed by atoms with Gasteiger partial charge in [0.1, 0.15) is 11.5 Å². The highest BCUT2D eigenvalue weighted by Gasteiger charge is 2.32. The molecule has 2 aromatic rings. The molecule has 1 aliphatic carbocycles. The van der Waals surface area contributed by atoms with E-state index < -0.39 is 5.97 Å². The molecule has 1 amide bonds.